The van der Waals surface area contributed by atoms with E-state index in [4.69, 9.17) is 5.14 Å². The first kappa shape index (κ1) is 16.0. The molecule has 0 saturated carbocycles. The lowest BCUT2D eigenvalue weighted by Gasteiger charge is -1.96. The van der Waals surface area contributed by atoms with Crippen LogP contribution in [0, 0.1) is 6.92 Å². The summed E-state index contributed by atoms with van der Waals surface area (Å²) in [6, 6.07) is 1.28. The number of primary sulfonamides is 1. The van der Waals surface area contributed by atoms with Crippen molar-refractivity contribution in [2.24, 2.45) is 5.14 Å². The van der Waals surface area contributed by atoms with Crippen LogP contribution in [0.3, 0.4) is 0 Å². The molecular weight excluding hydrogens is 332 g/mol. The van der Waals surface area contributed by atoms with Crippen molar-refractivity contribution in [1.82, 2.24) is 10.2 Å². The van der Waals surface area contributed by atoms with Crippen LogP contribution in [0.5, 0.6) is 0 Å². The maximum atomic E-state index is 12.1. The molecule has 7 nitrogen and oxygen atoms in total. The number of nitrogens with one attached hydrogen (secondary N) is 1. The van der Waals surface area contributed by atoms with Crippen molar-refractivity contribution in [2.45, 2.75) is 31.6 Å². The van der Waals surface area contributed by atoms with Crippen LogP contribution in [0.1, 0.15) is 32.9 Å². The molecule has 2 aromatic rings. The number of amides is 1. The standard InChI is InChI=1S/C11H14N4O3S3/c1-3-4-9-14-15-11(20-9)13-10(16)7-5-8(6(2)19-7)21(12,17)18/h5H,3-4H2,1-2H3,(H2,12,17,18)(H,13,15,16). The Morgan fingerprint density at radius 2 is 2.10 bits per heavy atom. The minimum Gasteiger partial charge on any atom is -0.296 e. The summed E-state index contributed by atoms with van der Waals surface area (Å²) >= 11 is 2.38. The molecule has 3 N–H and O–H groups in total. The predicted octanol–water partition coefficient (Wildman–Crippen LogP) is 1.76. The molecule has 1 amide bonds. The first-order valence-corrected chi connectivity index (χ1v) is 9.26. The molecule has 2 heterocycles. The molecule has 0 unspecified atom stereocenters. The molecule has 0 aliphatic carbocycles. The van der Waals surface area contributed by atoms with Crippen LogP contribution in [0.2, 0.25) is 0 Å². The first-order chi connectivity index (χ1) is 9.81. The highest BCUT2D eigenvalue weighted by molar-refractivity contribution is 7.89. The van der Waals surface area contributed by atoms with Crippen LogP contribution in [-0.4, -0.2) is 24.5 Å². The zero-order valence-electron chi connectivity index (χ0n) is 11.4. The van der Waals surface area contributed by atoms with E-state index >= 15 is 0 Å². The molecule has 0 saturated heterocycles. The zero-order valence-corrected chi connectivity index (χ0v) is 13.9. The van der Waals surface area contributed by atoms with E-state index in [1.54, 1.807) is 6.92 Å². The minimum absolute atomic E-state index is 0.0263. The van der Waals surface area contributed by atoms with Gasteiger partial charge in [-0.05, 0) is 19.4 Å². The topological polar surface area (TPSA) is 115 Å². The molecule has 0 atom stereocenters. The molecule has 0 aromatic carbocycles. The highest BCUT2D eigenvalue weighted by Gasteiger charge is 2.20. The highest BCUT2D eigenvalue weighted by atomic mass is 32.2. The minimum atomic E-state index is -3.82. The summed E-state index contributed by atoms with van der Waals surface area (Å²) in [6.45, 7) is 3.63. The summed E-state index contributed by atoms with van der Waals surface area (Å²) in [7, 11) is -3.82. The Hall–Kier alpha value is -1.36. The molecule has 2 aromatic heterocycles. The van der Waals surface area contributed by atoms with Gasteiger partial charge in [-0.25, -0.2) is 13.6 Å². The Balaban J connectivity index is 2.17. The van der Waals surface area contributed by atoms with Gasteiger partial charge in [0, 0.05) is 11.3 Å². The fourth-order valence-electron chi connectivity index (χ4n) is 1.64. The third kappa shape index (κ3) is 3.84. The van der Waals surface area contributed by atoms with Crippen LogP contribution < -0.4 is 10.5 Å². The fraction of sp³-hybridized carbons (Fsp3) is 0.364. The molecule has 0 fully saturated rings. The van der Waals surface area contributed by atoms with Crippen molar-refractivity contribution in [3.8, 4) is 0 Å². The van der Waals surface area contributed by atoms with E-state index in [0.29, 0.717) is 10.0 Å². The summed E-state index contributed by atoms with van der Waals surface area (Å²) in [5.41, 5.74) is 0. The number of nitrogens with zero attached hydrogens (tertiary/aromatic N) is 2. The van der Waals surface area contributed by atoms with Gasteiger partial charge in [-0.3, -0.25) is 10.1 Å². The van der Waals surface area contributed by atoms with Crippen molar-refractivity contribution >= 4 is 43.7 Å². The molecule has 0 radical (unpaired) electrons. The van der Waals surface area contributed by atoms with Gasteiger partial charge in [0.15, 0.2) is 0 Å². The van der Waals surface area contributed by atoms with E-state index in [1.165, 1.54) is 17.4 Å². The molecule has 10 heteroatoms. The number of hydrogen-bond donors (Lipinski definition) is 2. The summed E-state index contributed by atoms with van der Waals surface area (Å²) in [4.78, 5) is 12.8. The van der Waals surface area contributed by atoms with Crippen LogP contribution in [0.15, 0.2) is 11.0 Å². The van der Waals surface area contributed by atoms with Gasteiger partial charge in [0.05, 0.1) is 9.77 Å². The second kappa shape index (κ2) is 6.18. The number of thiophene rings is 1. The molecule has 0 aliphatic heterocycles. The van der Waals surface area contributed by atoms with Gasteiger partial charge in [0.1, 0.15) is 5.01 Å². The van der Waals surface area contributed by atoms with Crippen molar-refractivity contribution in [2.75, 3.05) is 5.32 Å². The van der Waals surface area contributed by atoms with Crippen molar-refractivity contribution < 1.29 is 13.2 Å². The number of carbonyl (C=O) groups excluding carboxylic acids is 1. The van der Waals surface area contributed by atoms with Gasteiger partial charge in [0.2, 0.25) is 15.2 Å². The second-order valence-corrected chi connectivity index (χ2v) is 8.13. The normalized spacial score (nSPS) is 11.6. The van der Waals surface area contributed by atoms with Gasteiger partial charge in [-0.1, -0.05) is 18.3 Å². The second-order valence-electron chi connectivity index (χ2n) is 4.28. The predicted molar refractivity (Wildman–Crippen MR) is 82.3 cm³/mol. The van der Waals surface area contributed by atoms with E-state index < -0.39 is 15.9 Å². The highest BCUT2D eigenvalue weighted by Crippen LogP contribution is 2.26. The van der Waals surface area contributed by atoms with Crippen molar-refractivity contribution in [1.29, 1.82) is 0 Å². The van der Waals surface area contributed by atoms with Crippen LogP contribution in [-0.2, 0) is 16.4 Å². The molecule has 114 valence electrons. The Bertz CT molecular complexity index is 764. The lowest BCUT2D eigenvalue weighted by Crippen LogP contribution is -2.13. The molecular formula is C11H14N4O3S3. The van der Waals surface area contributed by atoms with Crippen LogP contribution in [0.25, 0.3) is 0 Å². The van der Waals surface area contributed by atoms with E-state index in [-0.39, 0.29) is 9.77 Å². The number of anilines is 1. The third-order valence-corrected chi connectivity index (χ3v) is 5.67. The fourth-order valence-corrected chi connectivity index (χ4v) is 4.51. The molecule has 0 spiro atoms. The summed E-state index contributed by atoms with van der Waals surface area (Å²) < 4.78 is 22.7. The summed E-state index contributed by atoms with van der Waals surface area (Å²) in [6.07, 6.45) is 1.76. The van der Waals surface area contributed by atoms with E-state index in [1.807, 2.05) is 6.92 Å². The first-order valence-electron chi connectivity index (χ1n) is 6.08. The van der Waals surface area contributed by atoms with Gasteiger partial charge < -0.3 is 0 Å². The van der Waals surface area contributed by atoms with Gasteiger partial charge in [-0.2, -0.15) is 0 Å². The molecule has 2 rings (SSSR count). The lowest BCUT2D eigenvalue weighted by molar-refractivity contribution is 0.103. The average molecular weight is 346 g/mol. The lowest BCUT2D eigenvalue weighted by atomic mass is 10.4. The Kier molecular flexibility index (Phi) is 4.71. The van der Waals surface area contributed by atoms with Gasteiger partial charge >= 0.3 is 0 Å². The molecule has 0 aliphatic rings. The van der Waals surface area contributed by atoms with Crippen molar-refractivity contribution in [3.63, 3.8) is 0 Å². The number of aromatic nitrogens is 2. The largest absolute Gasteiger partial charge is 0.296 e. The number of nitrogens with two attached hydrogens (primary N) is 1. The molecule has 21 heavy (non-hydrogen) atoms. The zero-order chi connectivity index (χ0) is 15.6. The smallest absolute Gasteiger partial charge is 0.267 e. The maximum Gasteiger partial charge on any atom is 0.267 e. The Morgan fingerprint density at radius 3 is 2.67 bits per heavy atom. The number of rotatable bonds is 5. The number of aryl methyl sites for hydroxylation is 2. The maximum absolute atomic E-state index is 12.1. The van der Waals surface area contributed by atoms with E-state index in [9.17, 15) is 13.2 Å². The van der Waals surface area contributed by atoms with Crippen LogP contribution >= 0.6 is 22.7 Å². The number of hydrogen-bond acceptors (Lipinski definition) is 7. The van der Waals surface area contributed by atoms with E-state index in [0.717, 1.165) is 29.2 Å². The Morgan fingerprint density at radius 1 is 1.38 bits per heavy atom. The number of carbonyl (C=O) groups is 1. The summed E-state index contributed by atoms with van der Waals surface area (Å²) in [5, 5.41) is 16.8. The summed E-state index contributed by atoms with van der Waals surface area (Å²) in [5.74, 6) is -0.419. The molecule has 0 bridgehead atoms. The quantitative estimate of drug-likeness (QED) is 0.856. The Labute approximate surface area is 130 Å². The van der Waals surface area contributed by atoms with E-state index in [2.05, 4.69) is 15.5 Å². The van der Waals surface area contributed by atoms with Gasteiger partial charge in [-0.15, -0.1) is 21.5 Å². The van der Waals surface area contributed by atoms with Crippen molar-refractivity contribution in [3.05, 3.63) is 20.8 Å². The van der Waals surface area contributed by atoms with Crippen LogP contribution in [0.4, 0.5) is 5.13 Å². The monoisotopic (exact) mass is 346 g/mol. The van der Waals surface area contributed by atoms with Gasteiger partial charge in [0.25, 0.3) is 5.91 Å². The average Bonchev–Trinajstić information content (AvgIpc) is 2.96. The third-order valence-electron chi connectivity index (χ3n) is 2.55. The number of sulfonamides is 1. The SMILES string of the molecule is CCCc1nnc(NC(=O)c2cc(S(N)(=O)=O)c(C)s2)s1.